The second kappa shape index (κ2) is 6.08. The molecule has 1 amide bonds. The van der Waals surface area contributed by atoms with Gasteiger partial charge in [-0.25, -0.2) is 0 Å². The van der Waals surface area contributed by atoms with Crippen LogP contribution in [-0.2, 0) is 0 Å². The van der Waals surface area contributed by atoms with Crippen molar-refractivity contribution in [2.75, 3.05) is 5.32 Å². The molecule has 0 radical (unpaired) electrons. The van der Waals surface area contributed by atoms with Crippen LogP contribution in [0, 0.1) is 0 Å². The van der Waals surface area contributed by atoms with E-state index in [0.717, 1.165) is 5.39 Å². The molecule has 0 atom stereocenters. The van der Waals surface area contributed by atoms with Gasteiger partial charge in [0.1, 0.15) is 0 Å². The summed E-state index contributed by atoms with van der Waals surface area (Å²) in [6.07, 6.45) is 0. The lowest BCUT2D eigenvalue weighted by atomic mass is 10.0. The molecule has 116 valence electrons. The molecule has 1 aromatic heterocycles. The third-order valence-electron chi connectivity index (χ3n) is 3.83. The number of para-hydroxylation sites is 1. The number of H-pyrrole nitrogens is 1. The van der Waals surface area contributed by atoms with Gasteiger partial charge in [0.25, 0.3) is 5.91 Å². The van der Waals surface area contributed by atoms with Crippen LogP contribution < -0.4 is 10.9 Å². The molecule has 23 heavy (non-hydrogen) atoms. The minimum atomic E-state index is -0.288. The van der Waals surface area contributed by atoms with Crippen molar-refractivity contribution in [2.45, 2.75) is 19.8 Å². The lowest BCUT2D eigenvalue weighted by Crippen LogP contribution is -2.16. The summed E-state index contributed by atoms with van der Waals surface area (Å²) in [7, 11) is 0. The van der Waals surface area contributed by atoms with E-state index in [0.29, 0.717) is 22.7 Å². The molecule has 0 aliphatic rings. The highest BCUT2D eigenvalue weighted by atomic mass is 16.2. The first kappa shape index (κ1) is 15.0. The van der Waals surface area contributed by atoms with Gasteiger partial charge >= 0.3 is 0 Å². The average Bonchev–Trinajstić information content (AvgIpc) is 2.54. The Morgan fingerprint density at radius 1 is 1.04 bits per heavy atom. The largest absolute Gasteiger partial charge is 0.322 e. The fourth-order valence-electron chi connectivity index (χ4n) is 2.54. The van der Waals surface area contributed by atoms with Crippen molar-refractivity contribution >= 4 is 22.5 Å². The van der Waals surface area contributed by atoms with Crippen molar-refractivity contribution < 1.29 is 4.79 Å². The Balaban J connectivity index is 1.93. The zero-order valence-electron chi connectivity index (χ0n) is 13.1. The summed E-state index contributed by atoms with van der Waals surface area (Å²) in [6, 6.07) is 16.4. The normalized spacial score (nSPS) is 10.9. The van der Waals surface area contributed by atoms with Crippen molar-refractivity contribution in [3.8, 4) is 0 Å². The number of aromatic amines is 1. The Bertz CT molecular complexity index is 909. The first-order valence-electron chi connectivity index (χ1n) is 7.58. The third-order valence-corrected chi connectivity index (χ3v) is 3.83. The topological polar surface area (TPSA) is 62.0 Å². The van der Waals surface area contributed by atoms with Crippen LogP contribution in [0.25, 0.3) is 10.9 Å². The number of hydrogen-bond acceptors (Lipinski definition) is 2. The van der Waals surface area contributed by atoms with Crippen molar-refractivity contribution in [2.24, 2.45) is 0 Å². The molecule has 0 aliphatic heterocycles. The van der Waals surface area contributed by atoms with Gasteiger partial charge in [-0.15, -0.1) is 0 Å². The number of carbonyl (C=O) groups is 1. The lowest BCUT2D eigenvalue weighted by Gasteiger charge is -2.10. The molecule has 3 aromatic rings. The van der Waals surface area contributed by atoms with Gasteiger partial charge in [0.15, 0.2) is 0 Å². The molecular formula is C19H18N2O2. The summed E-state index contributed by atoms with van der Waals surface area (Å²) < 4.78 is 0. The van der Waals surface area contributed by atoms with E-state index in [2.05, 4.69) is 24.1 Å². The van der Waals surface area contributed by atoms with Crippen LogP contribution in [0.15, 0.2) is 59.4 Å². The molecule has 4 nitrogen and oxygen atoms in total. The maximum absolute atomic E-state index is 12.5. The molecule has 2 N–H and O–H groups in total. The second-order valence-corrected chi connectivity index (χ2v) is 5.82. The van der Waals surface area contributed by atoms with E-state index in [-0.39, 0.29) is 11.5 Å². The van der Waals surface area contributed by atoms with Gasteiger partial charge in [0.2, 0.25) is 5.56 Å². The molecule has 0 saturated carbocycles. The zero-order valence-corrected chi connectivity index (χ0v) is 13.1. The van der Waals surface area contributed by atoms with E-state index in [9.17, 15) is 9.59 Å². The number of nitrogens with one attached hydrogen (secondary N) is 2. The molecular weight excluding hydrogens is 288 g/mol. The average molecular weight is 306 g/mol. The Morgan fingerprint density at radius 3 is 2.43 bits per heavy atom. The van der Waals surface area contributed by atoms with E-state index < -0.39 is 0 Å². The molecule has 1 heterocycles. The highest BCUT2D eigenvalue weighted by Gasteiger charge is 2.12. The number of rotatable bonds is 3. The van der Waals surface area contributed by atoms with E-state index >= 15 is 0 Å². The Kier molecular flexibility index (Phi) is 3.98. The number of aromatic nitrogens is 1. The fourth-order valence-corrected chi connectivity index (χ4v) is 2.54. The summed E-state index contributed by atoms with van der Waals surface area (Å²) in [5.74, 6) is 0.154. The quantitative estimate of drug-likeness (QED) is 0.771. The van der Waals surface area contributed by atoms with Gasteiger partial charge in [-0.2, -0.15) is 0 Å². The van der Waals surface area contributed by atoms with Crippen LogP contribution >= 0.6 is 0 Å². The number of pyridine rings is 1. The number of amides is 1. The Labute approximate surface area is 134 Å². The van der Waals surface area contributed by atoms with Gasteiger partial charge in [0, 0.05) is 22.7 Å². The van der Waals surface area contributed by atoms with Gasteiger partial charge in [-0.05, 0) is 29.7 Å². The molecule has 0 aliphatic carbocycles. The Morgan fingerprint density at radius 2 is 1.74 bits per heavy atom. The highest BCUT2D eigenvalue weighted by molar-refractivity contribution is 6.12. The smallest absolute Gasteiger partial charge is 0.256 e. The van der Waals surface area contributed by atoms with Crippen LogP contribution in [0.1, 0.15) is 35.7 Å². The van der Waals surface area contributed by atoms with Crippen molar-refractivity contribution in [1.82, 2.24) is 4.98 Å². The molecule has 0 spiro atoms. The predicted octanol–water partition coefficient (Wildman–Crippen LogP) is 3.90. The first-order chi connectivity index (χ1) is 11.0. The number of hydrogen-bond donors (Lipinski definition) is 2. The summed E-state index contributed by atoms with van der Waals surface area (Å²) >= 11 is 0. The number of fused-ring (bicyclic) bond motifs is 1. The number of carbonyl (C=O) groups excluding carboxylic acids is 1. The highest BCUT2D eigenvalue weighted by Crippen LogP contribution is 2.19. The monoisotopic (exact) mass is 306 g/mol. The van der Waals surface area contributed by atoms with E-state index in [4.69, 9.17) is 0 Å². The van der Waals surface area contributed by atoms with Crippen LogP contribution in [0.3, 0.4) is 0 Å². The minimum absolute atomic E-state index is 0.287. The predicted molar refractivity (Wildman–Crippen MR) is 93.1 cm³/mol. The second-order valence-electron chi connectivity index (χ2n) is 5.82. The SMILES string of the molecule is CC(C)c1ccc(NC(=O)c2cc(=O)[nH]c3ccccc23)cc1. The third kappa shape index (κ3) is 3.16. The Hall–Kier alpha value is -2.88. The molecule has 2 aromatic carbocycles. The van der Waals surface area contributed by atoms with E-state index in [1.54, 1.807) is 6.07 Å². The van der Waals surface area contributed by atoms with Crippen molar-refractivity contribution in [3.05, 3.63) is 76.1 Å². The molecule has 0 fully saturated rings. The summed E-state index contributed by atoms with van der Waals surface area (Å²) in [5, 5.41) is 3.58. The number of benzene rings is 2. The molecule has 0 bridgehead atoms. The van der Waals surface area contributed by atoms with Crippen LogP contribution in [0.5, 0.6) is 0 Å². The van der Waals surface area contributed by atoms with Gasteiger partial charge in [-0.1, -0.05) is 44.2 Å². The summed E-state index contributed by atoms with van der Waals surface area (Å²) in [4.78, 5) is 27.0. The molecule has 0 unspecified atom stereocenters. The van der Waals surface area contributed by atoms with Gasteiger partial charge < -0.3 is 10.3 Å². The molecule has 4 heteroatoms. The van der Waals surface area contributed by atoms with Crippen LogP contribution in [0.4, 0.5) is 5.69 Å². The maximum atomic E-state index is 12.5. The van der Waals surface area contributed by atoms with E-state index in [1.165, 1.54) is 11.6 Å². The van der Waals surface area contributed by atoms with Gasteiger partial charge in [-0.3, -0.25) is 9.59 Å². The van der Waals surface area contributed by atoms with E-state index in [1.807, 2.05) is 42.5 Å². The summed E-state index contributed by atoms with van der Waals surface area (Å²) in [5.41, 5.74) is 2.66. The minimum Gasteiger partial charge on any atom is -0.322 e. The van der Waals surface area contributed by atoms with Crippen molar-refractivity contribution in [1.29, 1.82) is 0 Å². The summed E-state index contributed by atoms with van der Waals surface area (Å²) in [6.45, 7) is 4.24. The van der Waals surface area contributed by atoms with Crippen LogP contribution in [0.2, 0.25) is 0 Å². The molecule has 0 saturated heterocycles. The van der Waals surface area contributed by atoms with Gasteiger partial charge in [0.05, 0.1) is 5.56 Å². The fraction of sp³-hybridized carbons (Fsp3) is 0.158. The zero-order chi connectivity index (χ0) is 16.4. The maximum Gasteiger partial charge on any atom is 0.256 e. The van der Waals surface area contributed by atoms with Crippen molar-refractivity contribution in [3.63, 3.8) is 0 Å². The standard InChI is InChI=1S/C19H18N2O2/c1-12(2)13-7-9-14(10-8-13)20-19(23)16-11-18(22)21-17-6-4-3-5-15(16)17/h3-12H,1-2H3,(H,20,23)(H,21,22). The molecule has 3 rings (SSSR count). The lowest BCUT2D eigenvalue weighted by molar-refractivity contribution is 0.102. The first-order valence-corrected chi connectivity index (χ1v) is 7.58. The van der Waals surface area contributed by atoms with Crippen LogP contribution in [-0.4, -0.2) is 10.9 Å². The number of anilines is 1.